The molecule has 134 valence electrons. The van der Waals surface area contributed by atoms with Gasteiger partial charge in [-0.1, -0.05) is 18.2 Å². The van der Waals surface area contributed by atoms with E-state index in [2.05, 4.69) is 0 Å². The number of nitrogens with zero attached hydrogens (tertiary/aromatic N) is 3. The standard InChI is InChI=1S/C19H19N3O3S/c1-12-16(18(24)22(20(12)3)14-8-5-4-6-9-14)21-17(23)13(2)26-19(21)15-10-7-11-25-15/h4-11,13,19H,1-3H3/t13-,19-/m1/s1. The lowest BCUT2D eigenvalue weighted by Crippen LogP contribution is -2.34. The van der Waals surface area contributed by atoms with E-state index < -0.39 is 0 Å². The summed E-state index contributed by atoms with van der Waals surface area (Å²) in [6.07, 6.45) is 1.58. The van der Waals surface area contributed by atoms with Crippen molar-refractivity contribution < 1.29 is 9.21 Å². The lowest BCUT2D eigenvalue weighted by molar-refractivity contribution is -0.117. The predicted octanol–water partition coefficient (Wildman–Crippen LogP) is 3.24. The van der Waals surface area contributed by atoms with Gasteiger partial charge in [0.05, 0.1) is 22.9 Å². The number of carbonyl (C=O) groups is 1. The summed E-state index contributed by atoms with van der Waals surface area (Å²) in [5, 5.41) is -0.584. The molecule has 1 amide bonds. The maximum Gasteiger partial charge on any atom is 0.295 e. The predicted molar refractivity (Wildman–Crippen MR) is 102 cm³/mol. The van der Waals surface area contributed by atoms with Crippen LogP contribution >= 0.6 is 11.8 Å². The van der Waals surface area contributed by atoms with Crippen molar-refractivity contribution in [2.45, 2.75) is 24.5 Å². The van der Waals surface area contributed by atoms with Crippen LogP contribution in [-0.2, 0) is 11.8 Å². The van der Waals surface area contributed by atoms with Gasteiger partial charge in [-0.25, -0.2) is 4.68 Å². The average molecular weight is 369 g/mol. The monoisotopic (exact) mass is 369 g/mol. The van der Waals surface area contributed by atoms with E-state index >= 15 is 0 Å². The quantitative estimate of drug-likeness (QED) is 0.711. The topological polar surface area (TPSA) is 60.4 Å². The zero-order valence-electron chi connectivity index (χ0n) is 14.7. The van der Waals surface area contributed by atoms with Gasteiger partial charge in [0.25, 0.3) is 5.56 Å². The second kappa shape index (κ2) is 6.25. The Bertz CT molecular complexity index is 1000. The Labute approximate surface area is 155 Å². The van der Waals surface area contributed by atoms with Gasteiger partial charge in [0.15, 0.2) is 0 Å². The van der Waals surface area contributed by atoms with Crippen molar-refractivity contribution in [3.05, 3.63) is 70.5 Å². The summed E-state index contributed by atoms with van der Waals surface area (Å²) in [5.74, 6) is 0.587. The number of furan rings is 1. The number of benzene rings is 1. The molecule has 1 aliphatic rings. The summed E-state index contributed by atoms with van der Waals surface area (Å²) >= 11 is 1.49. The molecule has 0 saturated carbocycles. The Balaban J connectivity index is 1.90. The third kappa shape index (κ3) is 2.42. The lowest BCUT2D eigenvalue weighted by Gasteiger charge is -2.20. The first-order valence-electron chi connectivity index (χ1n) is 8.36. The maximum atomic E-state index is 13.3. The van der Waals surface area contributed by atoms with Crippen LogP contribution in [0.4, 0.5) is 5.69 Å². The number of hydrogen-bond donors (Lipinski definition) is 0. The molecule has 6 nitrogen and oxygen atoms in total. The van der Waals surface area contributed by atoms with Crippen molar-refractivity contribution in [2.75, 3.05) is 4.90 Å². The number of carbonyl (C=O) groups excluding carboxylic acids is 1. The molecule has 2 atom stereocenters. The van der Waals surface area contributed by atoms with Crippen LogP contribution in [0.3, 0.4) is 0 Å². The smallest absolute Gasteiger partial charge is 0.295 e. The summed E-state index contributed by atoms with van der Waals surface area (Å²) < 4.78 is 8.91. The van der Waals surface area contributed by atoms with Gasteiger partial charge in [-0.05, 0) is 38.1 Å². The molecule has 0 aliphatic carbocycles. The van der Waals surface area contributed by atoms with Crippen LogP contribution < -0.4 is 10.5 Å². The van der Waals surface area contributed by atoms with E-state index in [0.717, 1.165) is 11.4 Å². The summed E-state index contributed by atoms with van der Waals surface area (Å²) in [6, 6.07) is 13.0. The first-order chi connectivity index (χ1) is 12.5. The molecule has 3 aromatic rings. The van der Waals surface area contributed by atoms with Gasteiger partial charge < -0.3 is 4.42 Å². The van der Waals surface area contributed by atoms with E-state index in [9.17, 15) is 9.59 Å². The normalized spacial score (nSPS) is 20.1. The minimum absolute atomic E-state index is 0.0811. The van der Waals surface area contributed by atoms with E-state index in [0.29, 0.717) is 11.4 Å². The van der Waals surface area contributed by atoms with E-state index in [4.69, 9.17) is 4.42 Å². The minimum Gasteiger partial charge on any atom is -0.466 e. The number of thioether (sulfide) groups is 1. The Hall–Kier alpha value is -2.67. The number of para-hydroxylation sites is 1. The van der Waals surface area contributed by atoms with Crippen LogP contribution in [0.1, 0.15) is 23.8 Å². The van der Waals surface area contributed by atoms with Crippen LogP contribution in [0.15, 0.2) is 57.9 Å². The molecule has 0 N–H and O–H groups in total. The summed E-state index contributed by atoms with van der Waals surface area (Å²) in [7, 11) is 1.83. The second-order valence-electron chi connectivity index (χ2n) is 6.26. The Morgan fingerprint density at radius 3 is 2.46 bits per heavy atom. The van der Waals surface area contributed by atoms with Gasteiger partial charge in [0, 0.05) is 7.05 Å². The van der Waals surface area contributed by atoms with E-state index in [1.165, 1.54) is 11.8 Å². The fourth-order valence-electron chi connectivity index (χ4n) is 3.31. The van der Waals surface area contributed by atoms with Gasteiger partial charge >= 0.3 is 0 Å². The molecule has 0 unspecified atom stereocenters. The Morgan fingerprint density at radius 2 is 1.81 bits per heavy atom. The number of rotatable bonds is 3. The highest BCUT2D eigenvalue weighted by Gasteiger charge is 2.43. The lowest BCUT2D eigenvalue weighted by atomic mass is 10.2. The Morgan fingerprint density at radius 1 is 1.08 bits per heavy atom. The fourth-order valence-corrected chi connectivity index (χ4v) is 4.52. The largest absolute Gasteiger partial charge is 0.466 e. The molecule has 1 fully saturated rings. The second-order valence-corrected chi connectivity index (χ2v) is 7.69. The zero-order valence-corrected chi connectivity index (χ0v) is 15.6. The SMILES string of the molecule is Cc1c(N2C(=O)[C@@H](C)S[C@@H]2c2ccco2)c(=O)n(-c2ccccc2)n1C. The molecule has 3 heterocycles. The van der Waals surface area contributed by atoms with Crippen molar-refractivity contribution in [3.63, 3.8) is 0 Å². The molecule has 1 aliphatic heterocycles. The van der Waals surface area contributed by atoms with Crippen LogP contribution in [-0.4, -0.2) is 20.5 Å². The molecule has 0 spiro atoms. The van der Waals surface area contributed by atoms with E-state index in [1.807, 2.05) is 57.3 Å². The molecule has 2 aromatic heterocycles. The van der Waals surface area contributed by atoms with Crippen molar-refractivity contribution in [2.24, 2.45) is 7.05 Å². The van der Waals surface area contributed by atoms with Crippen molar-refractivity contribution >= 4 is 23.4 Å². The van der Waals surface area contributed by atoms with Gasteiger partial charge in [-0.2, -0.15) is 0 Å². The maximum absolute atomic E-state index is 13.3. The van der Waals surface area contributed by atoms with Gasteiger partial charge in [-0.3, -0.25) is 19.2 Å². The van der Waals surface area contributed by atoms with Crippen molar-refractivity contribution in [3.8, 4) is 5.69 Å². The van der Waals surface area contributed by atoms with Crippen LogP contribution in [0.2, 0.25) is 0 Å². The summed E-state index contributed by atoms with van der Waals surface area (Å²) in [4.78, 5) is 27.7. The first-order valence-corrected chi connectivity index (χ1v) is 9.31. The van der Waals surface area contributed by atoms with Crippen LogP contribution in [0.25, 0.3) is 5.69 Å². The fraction of sp³-hybridized carbons (Fsp3) is 0.263. The summed E-state index contributed by atoms with van der Waals surface area (Å²) in [5.41, 5.74) is 1.69. The third-order valence-corrected chi connectivity index (χ3v) is 6.01. The molecule has 1 aromatic carbocycles. The van der Waals surface area contributed by atoms with Crippen molar-refractivity contribution in [1.29, 1.82) is 0 Å². The molecular formula is C19H19N3O3S. The molecule has 0 radical (unpaired) electrons. The molecule has 1 saturated heterocycles. The number of anilines is 1. The zero-order chi connectivity index (χ0) is 18.4. The number of aromatic nitrogens is 2. The number of hydrogen-bond acceptors (Lipinski definition) is 4. The van der Waals surface area contributed by atoms with E-state index in [-0.39, 0.29) is 22.1 Å². The highest BCUT2D eigenvalue weighted by atomic mass is 32.2. The molecule has 4 rings (SSSR count). The highest BCUT2D eigenvalue weighted by molar-refractivity contribution is 8.01. The molecular weight excluding hydrogens is 350 g/mol. The van der Waals surface area contributed by atoms with Crippen molar-refractivity contribution in [1.82, 2.24) is 9.36 Å². The minimum atomic E-state index is -0.342. The highest BCUT2D eigenvalue weighted by Crippen LogP contribution is 2.45. The third-order valence-electron chi connectivity index (χ3n) is 4.70. The summed E-state index contributed by atoms with van der Waals surface area (Å²) in [6.45, 7) is 3.72. The Kier molecular flexibility index (Phi) is 4.03. The van der Waals surface area contributed by atoms with Crippen LogP contribution in [0, 0.1) is 6.92 Å². The van der Waals surface area contributed by atoms with Gasteiger partial charge in [0.2, 0.25) is 5.91 Å². The molecule has 26 heavy (non-hydrogen) atoms. The van der Waals surface area contributed by atoms with E-state index in [1.54, 1.807) is 26.6 Å². The molecule has 0 bridgehead atoms. The first kappa shape index (κ1) is 16.8. The van der Waals surface area contributed by atoms with Gasteiger partial charge in [-0.15, -0.1) is 11.8 Å². The number of amides is 1. The van der Waals surface area contributed by atoms with Gasteiger partial charge in [0.1, 0.15) is 16.8 Å². The average Bonchev–Trinajstić information content (AvgIpc) is 3.31. The molecule has 7 heteroatoms. The van der Waals surface area contributed by atoms with Crippen LogP contribution in [0.5, 0.6) is 0 Å².